The van der Waals surface area contributed by atoms with E-state index in [0.717, 1.165) is 0 Å². The number of nitrogen functional groups attached to an aromatic ring is 1. The summed E-state index contributed by atoms with van der Waals surface area (Å²) in [5, 5.41) is 16.8. The summed E-state index contributed by atoms with van der Waals surface area (Å²) in [5.41, 5.74) is 8.10. The molecule has 168 valence electrons. The number of aromatic nitrogens is 4. The number of nitrogens with zero attached hydrogens (tertiary/aromatic N) is 6. The number of anilines is 2. The number of hydrogen-bond donors (Lipinski definition) is 2. The van der Waals surface area contributed by atoms with Gasteiger partial charge in [0.15, 0.2) is 11.6 Å². The van der Waals surface area contributed by atoms with Crippen LogP contribution < -0.4 is 15.8 Å². The van der Waals surface area contributed by atoms with Crippen molar-refractivity contribution in [3.63, 3.8) is 0 Å². The predicted octanol–water partition coefficient (Wildman–Crippen LogP) is 4.44. The number of hydrogen-bond acceptors (Lipinski definition) is 8. The molecular formula is C23H23FN8O. The van der Waals surface area contributed by atoms with Crippen LogP contribution in [0.5, 0.6) is 5.88 Å². The van der Waals surface area contributed by atoms with Gasteiger partial charge < -0.3 is 15.8 Å². The maximum absolute atomic E-state index is 14.0. The zero-order valence-electron chi connectivity index (χ0n) is 18.5. The number of nitrogens with two attached hydrogens (primary N) is 1. The minimum absolute atomic E-state index is 0.0300. The first kappa shape index (κ1) is 23.1. The molecule has 0 saturated carbocycles. The van der Waals surface area contributed by atoms with Gasteiger partial charge in [-0.2, -0.15) is 10.4 Å². The Kier molecular flexibility index (Phi) is 7.15. The highest BCUT2D eigenvalue weighted by Gasteiger charge is 2.22. The Balaban J connectivity index is 1.97. The molecule has 0 fully saturated rings. The normalized spacial score (nSPS) is 12.1. The summed E-state index contributed by atoms with van der Waals surface area (Å²) in [6.07, 6.45) is 8.06. The molecular weight excluding hydrogens is 423 g/mol. The van der Waals surface area contributed by atoms with Crippen LogP contribution in [-0.2, 0) is 7.05 Å². The third kappa shape index (κ3) is 5.04. The molecule has 9 nitrogen and oxygen atoms in total. The number of allylic oxidation sites excluding steroid dienone is 3. The lowest BCUT2D eigenvalue weighted by Crippen LogP contribution is -2.10. The minimum Gasteiger partial charge on any atom is -0.467 e. The molecule has 1 atom stereocenters. The van der Waals surface area contributed by atoms with Crippen LogP contribution in [0, 0.1) is 17.1 Å². The Bertz CT molecular complexity index is 1270. The Morgan fingerprint density at radius 3 is 2.88 bits per heavy atom. The summed E-state index contributed by atoms with van der Waals surface area (Å²) in [6.45, 7) is 7.14. The molecule has 0 aliphatic heterocycles. The molecule has 2 heterocycles. The van der Waals surface area contributed by atoms with Crippen LogP contribution in [0.25, 0.3) is 11.3 Å². The van der Waals surface area contributed by atoms with Crippen molar-refractivity contribution in [3.8, 4) is 23.2 Å². The van der Waals surface area contributed by atoms with E-state index >= 15 is 0 Å². The zero-order chi connectivity index (χ0) is 24.0. The van der Waals surface area contributed by atoms with Crippen molar-refractivity contribution >= 4 is 24.0 Å². The molecule has 0 unspecified atom stereocenters. The maximum Gasteiger partial charge on any atom is 0.258 e. The average Bonchev–Trinajstić information content (AvgIpc) is 3.14. The number of ether oxygens (including phenoxy) is 1. The summed E-state index contributed by atoms with van der Waals surface area (Å²) in [5.74, 6) is -0.106. The molecule has 0 amide bonds. The van der Waals surface area contributed by atoms with Crippen LogP contribution in [0.2, 0.25) is 0 Å². The third-order valence-electron chi connectivity index (χ3n) is 4.69. The molecule has 33 heavy (non-hydrogen) atoms. The van der Waals surface area contributed by atoms with Crippen LogP contribution in [0.3, 0.4) is 0 Å². The van der Waals surface area contributed by atoms with Crippen LogP contribution in [-0.4, -0.2) is 26.5 Å². The highest BCUT2D eigenvalue weighted by Crippen LogP contribution is 2.34. The quantitative estimate of drug-likeness (QED) is 0.387. The molecule has 1 aromatic carbocycles. The first-order valence-corrected chi connectivity index (χ1v) is 9.96. The van der Waals surface area contributed by atoms with Crippen molar-refractivity contribution in [2.24, 2.45) is 12.0 Å². The smallest absolute Gasteiger partial charge is 0.258 e. The van der Waals surface area contributed by atoms with Gasteiger partial charge in [-0.25, -0.2) is 19.4 Å². The Hall–Kier alpha value is -4.52. The molecule has 0 radical (unpaired) electrons. The van der Waals surface area contributed by atoms with Crippen molar-refractivity contribution in [3.05, 3.63) is 65.9 Å². The van der Waals surface area contributed by atoms with Crippen molar-refractivity contribution in [2.75, 3.05) is 11.1 Å². The first-order chi connectivity index (χ1) is 15.9. The molecule has 3 aromatic rings. The van der Waals surface area contributed by atoms with E-state index in [0.29, 0.717) is 22.5 Å². The number of benzene rings is 1. The Morgan fingerprint density at radius 1 is 1.39 bits per heavy atom. The molecule has 0 saturated heterocycles. The lowest BCUT2D eigenvalue weighted by molar-refractivity contribution is 0.218. The fourth-order valence-corrected chi connectivity index (χ4v) is 3.11. The van der Waals surface area contributed by atoms with Gasteiger partial charge >= 0.3 is 0 Å². The lowest BCUT2D eigenvalue weighted by Gasteiger charge is -2.19. The summed E-state index contributed by atoms with van der Waals surface area (Å²) in [6, 6.07) is 6.42. The van der Waals surface area contributed by atoms with Crippen LogP contribution in [0.4, 0.5) is 21.7 Å². The van der Waals surface area contributed by atoms with Crippen LogP contribution >= 0.6 is 0 Å². The third-order valence-corrected chi connectivity index (χ3v) is 4.69. The highest BCUT2D eigenvalue weighted by atomic mass is 19.1. The van der Waals surface area contributed by atoms with Gasteiger partial charge in [0.05, 0.1) is 17.5 Å². The summed E-state index contributed by atoms with van der Waals surface area (Å²) in [4.78, 5) is 12.4. The number of aryl methyl sites for hydroxylation is 1. The molecule has 10 heteroatoms. The monoisotopic (exact) mass is 446 g/mol. The molecule has 0 aliphatic rings. The van der Waals surface area contributed by atoms with Crippen molar-refractivity contribution in [2.45, 2.75) is 20.0 Å². The Labute approximate surface area is 190 Å². The van der Waals surface area contributed by atoms with Gasteiger partial charge in [0.2, 0.25) is 0 Å². The fourth-order valence-electron chi connectivity index (χ4n) is 3.11. The SMILES string of the molecule is C=Nc1nn(C)c(C#N)c1-c1cnc(N)c(O[C@H](C)c2cc(F)ccc2N/C=C\C=C/C)n1. The molecule has 0 bridgehead atoms. The molecule has 2 aromatic heterocycles. The maximum atomic E-state index is 14.0. The van der Waals surface area contributed by atoms with Gasteiger partial charge in [-0.1, -0.05) is 12.2 Å². The fraction of sp³-hybridized carbons (Fsp3) is 0.174. The second kappa shape index (κ2) is 10.2. The number of halogens is 1. The zero-order valence-corrected chi connectivity index (χ0v) is 18.5. The van der Waals surface area contributed by atoms with E-state index in [1.807, 2.05) is 25.2 Å². The van der Waals surface area contributed by atoms with Gasteiger partial charge in [-0.15, -0.1) is 0 Å². The van der Waals surface area contributed by atoms with E-state index in [1.165, 1.54) is 23.0 Å². The number of rotatable bonds is 8. The molecule has 0 aliphatic carbocycles. The van der Waals surface area contributed by atoms with E-state index in [-0.39, 0.29) is 23.2 Å². The number of nitrogens with one attached hydrogen (secondary N) is 1. The Morgan fingerprint density at radius 2 is 2.18 bits per heavy atom. The molecule has 3 N–H and O–H groups in total. The number of aliphatic imine (C=N–C) groups is 1. The number of nitriles is 1. The van der Waals surface area contributed by atoms with Crippen molar-refractivity contribution < 1.29 is 9.13 Å². The van der Waals surface area contributed by atoms with Crippen molar-refractivity contribution in [1.82, 2.24) is 19.7 Å². The first-order valence-electron chi connectivity index (χ1n) is 9.96. The standard InChI is InChI=1S/C23H23FN8O/c1-5-6-7-10-28-17-9-8-15(24)11-16(17)14(2)33-23-21(26)29-13-18(30-23)20-19(12-25)32(4)31-22(20)27-3/h5-11,13-14,28H,3H2,1-2,4H3,(H2,26,29)/b6-5-,10-7-/t14-/m1/s1. The lowest BCUT2D eigenvalue weighted by atomic mass is 10.1. The van der Waals surface area contributed by atoms with E-state index in [9.17, 15) is 9.65 Å². The van der Waals surface area contributed by atoms with Gasteiger partial charge in [0, 0.05) is 24.5 Å². The van der Waals surface area contributed by atoms with Gasteiger partial charge in [0.25, 0.3) is 5.88 Å². The van der Waals surface area contributed by atoms with E-state index in [1.54, 1.807) is 26.2 Å². The van der Waals surface area contributed by atoms with Gasteiger partial charge in [-0.3, -0.25) is 4.68 Å². The van der Waals surface area contributed by atoms with Crippen molar-refractivity contribution in [1.29, 1.82) is 5.26 Å². The summed E-state index contributed by atoms with van der Waals surface area (Å²) >= 11 is 0. The second-order valence-corrected chi connectivity index (χ2v) is 6.91. The van der Waals surface area contributed by atoms with Crippen LogP contribution in [0.15, 0.2) is 53.8 Å². The average molecular weight is 446 g/mol. The van der Waals surface area contributed by atoms with E-state index < -0.39 is 11.9 Å². The van der Waals surface area contributed by atoms with Gasteiger partial charge in [0.1, 0.15) is 23.7 Å². The molecule has 3 rings (SSSR count). The minimum atomic E-state index is -0.633. The topological polar surface area (TPSA) is 127 Å². The summed E-state index contributed by atoms with van der Waals surface area (Å²) < 4.78 is 21.4. The van der Waals surface area contributed by atoms with Crippen LogP contribution in [0.1, 0.15) is 31.2 Å². The highest BCUT2D eigenvalue weighted by molar-refractivity contribution is 5.77. The van der Waals surface area contributed by atoms with Gasteiger partial charge in [-0.05, 0) is 44.8 Å². The predicted molar refractivity (Wildman–Crippen MR) is 126 cm³/mol. The second-order valence-electron chi connectivity index (χ2n) is 6.91. The molecule has 0 spiro atoms. The van der Waals surface area contributed by atoms with E-state index in [2.05, 4.69) is 38.2 Å². The largest absolute Gasteiger partial charge is 0.467 e. The van der Waals surface area contributed by atoms with E-state index in [4.69, 9.17) is 10.5 Å². The summed E-state index contributed by atoms with van der Waals surface area (Å²) in [7, 11) is 1.62.